The van der Waals surface area contributed by atoms with E-state index in [0.29, 0.717) is 6.61 Å². The van der Waals surface area contributed by atoms with Crippen LogP contribution >= 0.6 is 0 Å². The Morgan fingerprint density at radius 3 is 2.37 bits per heavy atom. The van der Waals surface area contributed by atoms with Gasteiger partial charge in [0.2, 0.25) is 0 Å². The lowest BCUT2D eigenvalue weighted by molar-refractivity contribution is 0.144. The second kappa shape index (κ2) is 6.93. The highest BCUT2D eigenvalue weighted by Crippen LogP contribution is 2.24. The maximum absolute atomic E-state index is 11.6. The van der Waals surface area contributed by atoms with Crippen molar-refractivity contribution in [2.75, 3.05) is 6.61 Å². The lowest BCUT2D eigenvalue weighted by Crippen LogP contribution is -2.40. The highest BCUT2D eigenvalue weighted by Gasteiger charge is 2.24. The third kappa shape index (κ3) is 6.61. The Morgan fingerprint density at radius 1 is 1.32 bits per heavy atom. The summed E-state index contributed by atoms with van der Waals surface area (Å²) in [6, 6.07) is 1.17. The average Bonchev–Trinajstić information content (AvgIpc) is 2.27. The number of hydrogen-bond acceptors (Lipinski definition) is 3. The summed E-state index contributed by atoms with van der Waals surface area (Å²) in [7, 11) is -1.14. The first-order valence-electron chi connectivity index (χ1n) is 7.05. The Balaban J connectivity index is 2.18. The molecule has 0 aromatic heterocycles. The molecule has 0 atom stereocenters. The van der Waals surface area contributed by atoms with Gasteiger partial charge < -0.3 is 15.8 Å². The smallest absolute Gasteiger partial charge is 0.407 e. The third-order valence-corrected chi connectivity index (χ3v) is 5.28. The molecule has 0 aromatic rings. The maximum Gasteiger partial charge on any atom is 0.407 e. The first kappa shape index (κ1) is 16.0. The molecule has 1 aliphatic carbocycles. The first-order valence-corrected chi connectivity index (χ1v) is 10.8. The molecule has 19 heavy (non-hydrogen) atoms. The Labute approximate surface area is 116 Å². The fourth-order valence-corrected chi connectivity index (χ4v) is 2.92. The molecule has 0 aliphatic heterocycles. The number of alkyl carbamates (subject to hydrolysis) is 1. The van der Waals surface area contributed by atoms with Crippen LogP contribution in [0, 0.1) is 11.3 Å². The van der Waals surface area contributed by atoms with Crippen LogP contribution in [0.3, 0.4) is 0 Å². The number of carbonyl (C=O) groups is 1. The van der Waals surface area contributed by atoms with E-state index in [4.69, 9.17) is 15.9 Å². The number of amides is 1. The van der Waals surface area contributed by atoms with Gasteiger partial charge in [-0.1, -0.05) is 19.6 Å². The zero-order valence-electron chi connectivity index (χ0n) is 12.3. The van der Waals surface area contributed by atoms with Crippen LogP contribution in [0.4, 0.5) is 4.79 Å². The van der Waals surface area contributed by atoms with Gasteiger partial charge in [-0.3, -0.25) is 5.41 Å². The second-order valence-corrected chi connectivity index (χ2v) is 12.2. The van der Waals surface area contributed by atoms with Gasteiger partial charge in [0.25, 0.3) is 0 Å². The van der Waals surface area contributed by atoms with Gasteiger partial charge in [-0.25, -0.2) is 4.79 Å². The minimum absolute atomic E-state index is 0.176. The van der Waals surface area contributed by atoms with Crippen molar-refractivity contribution in [1.82, 2.24) is 5.32 Å². The molecule has 110 valence electrons. The maximum atomic E-state index is 11.6. The Hall–Kier alpha value is -1.04. The normalized spacial score (nSPS) is 23.7. The Bertz CT molecular complexity index is 320. The lowest BCUT2D eigenvalue weighted by Gasteiger charge is -2.28. The first-order chi connectivity index (χ1) is 8.78. The average molecular weight is 285 g/mol. The fraction of sp³-hybridized carbons (Fsp3) is 0.846. The van der Waals surface area contributed by atoms with E-state index < -0.39 is 8.07 Å². The molecule has 4 N–H and O–H groups in total. The number of nitrogens with one attached hydrogen (secondary N) is 2. The Morgan fingerprint density at radius 2 is 1.89 bits per heavy atom. The van der Waals surface area contributed by atoms with Crippen LogP contribution in [0.5, 0.6) is 0 Å². The molecule has 0 saturated heterocycles. The van der Waals surface area contributed by atoms with Crippen molar-refractivity contribution < 1.29 is 9.53 Å². The molecule has 0 radical (unpaired) electrons. The molecule has 5 nitrogen and oxygen atoms in total. The van der Waals surface area contributed by atoms with Crippen LogP contribution in [0.2, 0.25) is 25.7 Å². The van der Waals surface area contributed by atoms with Gasteiger partial charge in [0, 0.05) is 20.0 Å². The van der Waals surface area contributed by atoms with Gasteiger partial charge in [0.1, 0.15) is 0 Å². The monoisotopic (exact) mass is 285 g/mol. The van der Waals surface area contributed by atoms with Crippen molar-refractivity contribution in [1.29, 1.82) is 5.41 Å². The second-order valence-electron chi connectivity index (χ2n) is 6.59. The van der Waals surface area contributed by atoms with Gasteiger partial charge in [-0.15, -0.1) is 0 Å². The van der Waals surface area contributed by atoms with E-state index in [-0.39, 0.29) is 23.9 Å². The molecule has 0 unspecified atom stereocenters. The molecule has 1 amide bonds. The number of carbonyl (C=O) groups excluding carboxylic acids is 1. The van der Waals surface area contributed by atoms with Crippen molar-refractivity contribution in [3.8, 4) is 0 Å². The number of ether oxygens (including phenoxy) is 1. The van der Waals surface area contributed by atoms with Crippen LogP contribution in [0.25, 0.3) is 0 Å². The van der Waals surface area contributed by atoms with Crippen LogP contribution in [0.1, 0.15) is 25.7 Å². The van der Waals surface area contributed by atoms with Crippen molar-refractivity contribution in [3.63, 3.8) is 0 Å². The van der Waals surface area contributed by atoms with E-state index in [1.165, 1.54) is 0 Å². The molecular weight excluding hydrogens is 258 g/mol. The van der Waals surface area contributed by atoms with Gasteiger partial charge in [-0.05, 0) is 31.7 Å². The molecule has 6 heteroatoms. The summed E-state index contributed by atoms with van der Waals surface area (Å²) in [5, 5.41) is 10.3. The highest BCUT2D eigenvalue weighted by atomic mass is 28.3. The summed E-state index contributed by atoms with van der Waals surface area (Å²) >= 11 is 0. The topological polar surface area (TPSA) is 88.2 Å². The van der Waals surface area contributed by atoms with Crippen molar-refractivity contribution >= 4 is 20.0 Å². The van der Waals surface area contributed by atoms with E-state index in [9.17, 15) is 4.79 Å². The SMILES string of the molecule is C[Si](C)(C)CCOC(=O)N[C@H]1CC[C@H](C(=N)N)CC1. The zero-order valence-corrected chi connectivity index (χ0v) is 13.3. The lowest BCUT2D eigenvalue weighted by atomic mass is 9.85. The molecule has 0 bridgehead atoms. The summed E-state index contributed by atoms with van der Waals surface area (Å²) in [6.07, 6.45) is 3.23. The predicted octanol–water partition coefficient (Wildman–Crippen LogP) is 2.55. The number of hydrogen-bond donors (Lipinski definition) is 3. The van der Waals surface area contributed by atoms with Crippen molar-refractivity contribution in [2.24, 2.45) is 11.7 Å². The van der Waals surface area contributed by atoms with Crippen LogP contribution < -0.4 is 11.1 Å². The largest absolute Gasteiger partial charge is 0.450 e. The van der Waals surface area contributed by atoms with E-state index >= 15 is 0 Å². The Kier molecular flexibility index (Phi) is 5.84. The van der Waals surface area contributed by atoms with E-state index in [0.717, 1.165) is 31.7 Å². The molecular formula is C13H27N3O2Si. The molecule has 1 aliphatic rings. The minimum Gasteiger partial charge on any atom is -0.450 e. The van der Waals surface area contributed by atoms with E-state index in [1.54, 1.807) is 0 Å². The fourth-order valence-electron chi connectivity index (χ4n) is 2.21. The highest BCUT2D eigenvalue weighted by molar-refractivity contribution is 6.76. The van der Waals surface area contributed by atoms with Gasteiger partial charge >= 0.3 is 6.09 Å². The van der Waals surface area contributed by atoms with Crippen LogP contribution in [-0.2, 0) is 4.74 Å². The number of nitrogens with two attached hydrogens (primary N) is 1. The number of rotatable bonds is 5. The van der Waals surface area contributed by atoms with Gasteiger partial charge in [0.05, 0.1) is 12.4 Å². The molecule has 0 heterocycles. The molecule has 0 spiro atoms. The van der Waals surface area contributed by atoms with E-state index in [2.05, 4.69) is 25.0 Å². The molecule has 1 rings (SSSR count). The molecule has 0 aromatic carbocycles. The third-order valence-electron chi connectivity index (χ3n) is 3.57. The summed E-state index contributed by atoms with van der Waals surface area (Å²) in [5.74, 6) is 0.470. The van der Waals surface area contributed by atoms with Gasteiger partial charge in [0.15, 0.2) is 0 Å². The van der Waals surface area contributed by atoms with Crippen LogP contribution in [-0.4, -0.2) is 32.7 Å². The summed E-state index contributed by atoms with van der Waals surface area (Å²) in [6.45, 7) is 7.30. The van der Waals surface area contributed by atoms with E-state index in [1.807, 2.05) is 0 Å². The minimum atomic E-state index is -1.14. The summed E-state index contributed by atoms with van der Waals surface area (Å²) in [5.41, 5.74) is 5.50. The van der Waals surface area contributed by atoms with Crippen molar-refractivity contribution in [3.05, 3.63) is 0 Å². The number of amidine groups is 1. The van der Waals surface area contributed by atoms with Crippen molar-refractivity contribution in [2.45, 2.75) is 57.4 Å². The summed E-state index contributed by atoms with van der Waals surface area (Å²) < 4.78 is 5.21. The van der Waals surface area contributed by atoms with Crippen LogP contribution in [0.15, 0.2) is 0 Å². The summed E-state index contributed by atoms with van der Waals surface area (Å²) in [4.78, 5) is 11.6. The zero-order chi connectivity index (χ0) is 14.5. The van der Waals surface area contributed by atoms with Gasteiger partial charge in [-0.2, -0.15) is 0 Å². The molecule has 1 saturated carbocycles. The quantitative estimate of drug-likeness (QED) is 0.412. The predicted molar refractivity (Wildman–Crippen MR) is 80.3 cm³/mol. The standard InChI is InChI=1S/C13H27N3O2Si/c1-19(2,3)9-8-18-13(17)16-11-6-4-10(5-7-11)12(14)15/h10-11H,4-9H2,1-3H3,(H3,14,15)(H,16,17)/t10-,11-. The molecule has 1 fully saturated rings.